The van der Waals surface area contributed by atoms with Crippen molar-refractivity contribution in [3.8, 4) is 11.5 Å². The van der Waals surface area contributed by atoms with Gasteiger partial charge >= 0.3 is 0 Å². The third-order valence-electron chi connectivity index (χ3n) is 4.21. The number of amides is 1. The minimum atomic E-state index is -1.65. The minimum absolute atomic E-state index is 0.249. The summed E-state index contributed by atoms with van der Waals surface area (Å²) >= 11 is 12.0. The van der Waals surface area contributed by atoms with Crippen LogP contribution in [0.1, 0.15) is 10.4 Å². The Morgan fingerprint density at radius 3 is 2.38 bits per heavy atom. The topological polar surface area (TPSA) is 46.3 Å². The Morgan fingerprint density at radius 1 is 1.08 bits per heavy atom. The monoisotopic (exact) mass is 396 g/mol. The molecule has 4 rings (SSSR count). The molecule has 26 heavy (non-hydrogen) atoms. The second kappa shape index (κ2) is 6.52. The van der Waals surface area contributed by atoms with E-state index < -0.39 is 18.3 Å². The van der Waals surface area contributed by atoms with Gasteiger partial charge in [-0.25, -0.2) is 13.8 Å². The van der Waals surface area contributed by atoms with Gasteiger partial charge < -0.3 is 9.32 Å². The van der Waals surface area contributed by atoms with Crippen LogP contribution in [0.3, 0.4) is 0 Å². The van der Waals surface area contributed by atoms with Crippen LogP contribution in [0.15, 0.2) is 40.8 Å². The van der Waals surface area contributed by atoms with Crippen LogP contribution in [0.2, 0.25) is 10.0 Å². The predicted octanol–water partition coefficient (Wildman–Crippen LogP) is 4.93. The van der Waals surface area contributed by atoms with Gasteiger partial charge in [0.05, 0.1) is 13.1 Å². The summed E-state index contributed by atoms with van der Waals surface area (Å²) in [6.07, 6.45) is -3.29. The molecule has 0 spiro atoms. The predicted molar refractivity (Wildman–Crippen MR) is 95.2 cm³/mol. The normalized spacial score (nSPS) is 20.1. The first-order valence-electron chi connectivity index (χ1n) is 7.85. The smallest absolute Gasteiger partial charge is 0.254 e. The molecule has 2 atom stereocenters. The molecule has 1 aliphatic rings. The fourth-order valence-corrected chi connectivity index (χ4v) is 3.46. The van der Waals surface area contributed by atoms with Crippen molar-refractivity contribution in [1.82, 2.24) is 9.88 Å². The summed E-state index contributed by atoms with van der Waals surface area (Å²) in [5.41, 5.74) is 1.81. The van der Waals surface area contributed by atoms with Crippen molar-refractivity contribution in [2.75, 3.05) is 13.1 Å². The third-order valence-corrected chi connectivity index (χ3v) is 4.65. The number of aromatic nitrogens is 1. The summed E-state index contributed by atoms with van der Waals surface area (Å²) in [7, 11) is 0. The van der Waals surface area contributed by atoms with Crippen molar-refractivity contribution >= 4 is 40.2 Å². The van der Waals surface area contributed by atoms with Gasteiger partial charge in [0.1, 0.15) is 5.52 Å². The molecule has 1 saturated heterocycles. The van der Waals surface area contributed by atoms with Crippen LogP contribution in [0, 0.1) is 0 Å². The van der Waals surface area contributed by atoms with Crippen molar-refractivity contribution in [2.45, 2.75) is 12.3 Å². The van der Waals surface area contributed by atoms with Gasteiger partial charge in [-0.05, 0) is 36.4 Å². The Bertz CT molecular complexity index is 978. The van der Waals surface area contributed by atoms with Crippen LogP contribution < -0.4 is 0 Å². The average molecular weight is 397 g/mol. The third kappa shape index (κ3) is 3.15. The summed E-state index contributed by atoms with van der Waals surface area (Å²) in [5.74, 6) is -0.138. The molecule has 1 aromatic heterocycles. The van der Waals surface area contributed by atoms with E-state index in [4.69, 9.17) is 27.6 Å². The van der Waals surface area contributed by atoms with E-state index in [1.54, 1.807) is 30.3 Å². The number of hydrogen-bond donors (Lipinski definition) is 0. The molecule has 2 unspecified atom stereocenters. The maximum Gasteiger partial charge on any atom is 0.254 e. The Labute approximate surface area is 157 Å². The summed E-state index contributed by atoms with van der Waals surface area (Å²) in [4.78, 5) is 18.0. The van der Waals surface area contributed by atoms with E-state index in [1.165, 1.54) is 6.07 Å². The first-order chi connectivity index (χ1) is 12.4. The van der Waals surface area contributed by atoms with E-state index in [9.17, 15) is 13.6 Å². The maximum absolute atomic E-state index is 13.3. The number of rotatable bonds is 2. The van der Waals surface area contributed by atoms with Gasteiger partial charge in [0.25, 0.3) is 5.91 Å². The number of likely N-dealkylation sites (tertiary alicyclic amines) is 1. The molecule has 1 aliphatic heterocycles. The maximum atomic E-state index is 13.3. The zero-order chi connectivity index (χ0) is 18.4. The van der Waals surface area contributed by atoms with Crippen molar-refractivity contribution in [1.29, 1.82) is 0 Å². The molecule has 134 valence electrons. The van der Waals surface area contributed by atoms with Gasteiger partial charge in [-0.15, -0.1) is 0 Å². The summed E-state index contributed by atoms with van der Waals surface area (Å²) < 4.78 is 32.4. The molecule has 3 aromatic rings. The molecule has 1 fully saturated rings. The van der Waals surface area contributed by atoms with Gasteiger partial charge in [-0.2, -0.15) is 0 Å². The Hall–Kier alpha value is -2.18. The lowest BCUT2D eigenvalue weighted by Crippen LogP contribution is -2.29. The first kappa shape index (κ1) is 17.2. The number of benzene rings is 2. The van der Waals surface area contributed by atoms with E-state index in [2.05, 4.69) is 4.98 Å². The number of carbonyl (C=O) groups is 1. The Kier molecular flexibility index (Phi) is 4.32. The zero-order valence-electron chi connectivity index (χ0n) is 13.3. The van der Waals surface area contributed by atoms with Crippen molar-refractivity contribution < 1.29 is 18.0 Å². The number of halogens is 4. The van der Waals surface area contributed by atoms with E-state index >= 15 is 0 Å². The van der Waals surface area contributed by atoms with Crippen molar-refractivity contribution in [2.24, 2.45) is 0 Å². The van der Waals surface area contributed by atoms with Crippen LogP contribution in [0.5, 0.6) is 0 Å². The SMILES string of the molecule is O=C(c1ccc2nc(-c3cc(Cl)cc(Cl)c3)oc2c1)N1CC(F)C(F)C1. The Balaban J connectivity index is 1.67. The fourth-order valence-electron chi connectivity index (χ4n) is 2.93. The molecule has 8 heteroatoms. The standard InChI is InChI=1S/C18H12Cl2F2N2O2/c19-11-3-10(4-12(20)6-11)17-23-15-2-1-9(5-16(15)26-17)18(25)24-7-13(21)14(22)8-24/h1-6,13-14H,7-8H2. The molecule has 2 aromatic carbocycles. The first-order valence-corrected chi connectivity index (χ1v) is 8.61. The molecular weight excluding hydrogens is 385 g/mol. The molecule has 0 aliphatic carbocycles. The van der Waals surface area contributed by atoms with Gasteiger partial charge in [0.2, 0.25) is 5.89 Å². The molecule has 4 nitrogen and oxygen atoms in total. The summed E-state index contributed by atoms with van der Waals surface area (Å²) in [6.45, 7) is -0.499. The van der Waals surface area contributed by atoms with E-state index in [0.717, 1.165) is 4.90 Å². The highest BCUT2D eigenvalue weighted by Gasteiger charge is 2.35. The van der Waals surface area contributed by atoms with Gasteiger partial charge in [0.15, 0.2) is 17.9 Å². The van der Waals surface area contributed by atoms with Gasteiger partial charge in [-0.3, -0.25) is 4.79 Å². The second-order valence-corrected chi connectivity index (χ2v) is 6.97. The number of hydrogen-bond acceptors (Lipinski definition) is 3. The molecular formula is C18H12Cl2F2N2O2. The van der Waals surface area contributed by atoms with Gasteiger partial charge in [0, 0.05) is 21.2 Å². The lowest BCUT2D eigenvalue weighted by molar-refractivity contribution is 0.0779. The number of nitrogens with zero attached hydrogens (tertiary/aromatic N) is 2. The highest BCUT2D eigenvalue weighted by molar-refractivity contribution is 6.35. The number of carbonyl (C=O) groups excluding carboxylic acids is 1. The molecule has 0 bridgehead atoms. The van der Waals surface area contributed by atoms with Crippen LogP contribution in [-0.2, 0) is 0 Å². The van der Waals surface area contributed by atoms with E-state index in [0.29, 0.717) is 32.6 Å². The lowest BCUT2D eigenvalue weighted by atomic mass is 10.2. The Morgan fingerprint density at radius 2 is 1.73 bits per heavy atom. The van der Waals surface area contributed by atoms with Crippen LogP contribution in [0.25, 0.3) is 22.6 Å². The molecule has 0 saturated carbocycles. The van der Waals surface area contributed by atoms with Crippen LogP contribution in [-0.4, -0.2) is 41.2 Å². The van der Waals surface area contributed by atoms with Crippen LogP contribution >= 0.6 is 23.2 Å². The minimum Gasteiger partial charge on any atom is -0.436 e. The van der Waals surface area contributed by atoms with E-state index in [-0.39, 0.29) is 18.7 Å². The largest absolute Gasteiger partial charge is 0.436 e. The lowest BCUT2D eigenvalue weighted by Gasteiger charge is -2.14. The quantitative estimate of drug-likeness (QED) is 0.616. The molecule has 2 heterocycles. The summed E-state index contributed by atoms with van der Waals surface area (Å²) in [6, 6.07) is 9.62. The zero-order valence-corrected chi connectivity index (χ0v) is 14.8. The number of alkyl halides is 2. The summed E-state index contributed by atoms with van der Waals surface area (Å²) in [5, 5.41) is 0.891. The van der Waals surface area contributed by atoms with Crippen LogP contribution in [0.4, 0.5) is 8.78 Å². The van der Waals surface area contributed by atoms with Crippen molar-refractivity contribution in [3.63, 3.8) is 0 Å². The fraction of sp³-hybridized carbons (Fsp3) is 0.222. The highest BCUT2D eigenvalue weighted by atomic mass is 35.5. The number of oxazole rings is 1. The molecule has 0 N–H and O–H groups in total. The van der Waals surface area contributed by atoms with Crippen molar-refractivity contribution in [3.05, 3.63) is 52.0 Å². The van der Waals surface area contributed by atoms with E-state index in [1.807, 2.05) is 0 Å². The van der Waals surface area contributed by atoms with Gasteiger partial charge in [-0.1, -0.05) is 23.2 Å². The average Bonchev–Trinajstić information content (AvgIpc) is 3.16. The second-order valence-electron chi connectivity index (χ2n) is 6.10. The highest BCUT2D eigenvalue weighted by Crippen LogP contribution is 2.30. The molecule has 1 amide bonds. The molecule has 0 radical (unpaired) electrons. The number of fused-ring (bicyclic) bond motifs is 1.